The molecule has 0 radical (unpaired) electrons. The molecule has 0 bridgehead atoms. The lowest BCUT2D eigenvalue weighted by Gasteiger charge is -2.18. The minimum Gasteiger partial charge on any atom is -0.326 e. The fraction of sp³-hybridized carbons (Fsp3) is 0.385. The molecule has 0 aliphatic carbocycles. The molecule has 0 aliphatic rings. The Morgan fingerprint density at radius 3 is 2.61 bits per heavy atom. The lowest BCUT2D eigenvalue weighted by molar-refractivity contribution is 0.498. The van der Waals surface area contributed by atoms with Gasteiger partial charge in [0, 0.05) is 20.1 Å². The Kier molecular flexibility index (Phi) is 5.07. The van der Waals surface area contributed by atoms with Crippen molar-refractivity contribution < 1.29 is 8.42 Å². The summed E-state index contributed by atoms with van der Waals surface area (Å²) in [5, 5.41) is 0. The largest absolute Gasteiger partial charge is 0.326 e. The molecule has 0 aliphatic heterocycles. The average Bonchev–Trinajstić information content (AvgIpc) is 2.38. The van der Waals surface area contributed by atoms with E-state index in [0.717, 1.165) is 11.1 Å². The second-order valence-corrected chi connectivity index (χ2v) is 6.09. The number of rotatable bonds is 6. The van der Waals surface area contributed by atoms with Gasteiger partial charge in [0.2, 0.25) is 10.0 Å². The SMILES string of the molecule is C=CCN(C)S(=O)(=O)c1cc(CN)ccc1CC. The molecular weight excluding hydrogens is 248 g/mol. The molecule has 0 saturated heterocycles. The van der Waals surface area contributed by atoms with Crippen molar-refractivity contribution in [1.29, 1.82) is 0 Å². The van der Waals surface area contributed by atoms with Crippen molar-refractivity contribution in [3.05, 3.63) is 42.0 Å². The summed E-state index contributed by atoms with van der Waals surface area (Å²) in [7, 11) is -1.92. The van der Waals surface area contributed by atoms with Gasteiger partial charge in [-0.1, -0.05) is 25.1 Å². The van der Waals surface area contributed by atoms with E-state index in [1.807, 2.05) is 19.1 Å². The number of likely N-dealkylation sites (N-methyl/N-ethyl adjacent to an activating group) is 1. The van der Waals surface area contributed by atoms with Crippen molar-refractivity contribution in [3.63, 3.8) is 0 Å². The van der Waals surface area contributed by atoms with Crippen LogP contribution in [0.4, 0.5) is 0 Å². The molecule has 0 atom stereocenters. The van der Waals surface area contributed by atoms with Crippen molar-refractivity contribution in [1.82, 2.24) is 4.31 Å². The quantitative estimate of drug-likeness (QED) is 0.796. The Hall–Kier alpha value is -1.17. The van der Waals surface area contributed by atoms with E-state index in [-0.39, 0.29) is 0 Å². The third-order valence-corrected chi connectivity index (χ3v) is 4.73. The number of sulfonamides is 1. The van der Waals surface area contributed by atoms with E-state index in [9.17, 15) is 8.42 Å². The van der Waals surface area contributed by atoms with E-state index in [4.69, 9.17) is 5.73 Å². The predicted octanol–water partition coefficient (Wildman–Crippen LogP) is 1.51. The monoisotopic (exact) mass is 268 g/mol. The first-order valence-electron chi connectivity index (χ1n) is 5.86. The van der Waals surface area contributed by atoms with Crippen LogP contribution in [0.3, 0.4) is 0 Å². The van der Waals surface area contributed by atoms with Gasteiger partial charge in [-0.05, 0) is 23.6 Å². The van der Waals surface area contributed by atoms with Crippen molar-refractivity contribution in [2.75, 3.05) is 13.6 Å². The fourth-order valence-corrected chi connectivity index (χ4v) is 3.19. The van der Waals surface area contributed by atoms with Gasteiger partial charge in [-0.2, -0.15) is 4.31 Å². The third kappa shape index (κ3) is 2.98. The second-order valence-electron chi connectivity index (χ2n) is 4.07. The Bertz CT molecular complexity index is 524. The van der Waals surface area contributed by atoms with Crippen LogP contribution in [-0.4, -0.2) is 26.3 Å². The van der Waals surface area contributed by atoms with Crippen molar-refractivity contribution in [2.45, 2.75) is 24.8 Å². The fourth-order valence-electron chi connectivity index (χ4n) is 1.71. The summed E-state index contributed by atoms with van der Waals surface area (Å²) in [5.41, 5.74) is 7.19. The number of benzene rings is 1. The van der Waals surface area contributed by atoms with Crippen molar-refractivity contribution in [2.24, 2.45) is 5.73 Å². The molecule has 0 aromatic heterocycles. The van der Waals surface area contributed by atoms with Gasteiger partial charge in [0.25, 0.3) is 0 Å². The van der Waals surface area contributed by atoms with Crippen LogP contribution in [0, 0.1) is 0 Å². The van der Waals surface area contributed by atoms with Gasteiger partial charge in [0.15, 0.2) is 0 Å². The first-order chi connectivity index (χ1) is 8.47. The number of hydrogen-bond donors (Lipinski definition) is 1. The van der Waals surface area contributed by atoms with E-state index in [1.165, 1.54) is 4.31 Å². The number of nitrogens with zero attached hydrogens (tertiary/aromatic N) is 1. The Balaban J connectivity index is 3.33. The summed E-state index contributed by atoms with van der Waals surface area (Å²) in [4.78, 5) is 0.345. The molecule has 0 spiro atoms. The highest BCUT2D eigenvalue weighted by molar-refractivity contribution is 7.89. The van der Waals surface area contributed by atoms with E-state index >= 15 is 0 Å². The van der Waals surface area contributed by atoms with Crippen LogP contribution in [0.2, 0.25) is 0 Å². The van der Waals surface area contributed by atoms with E-state index in [2.05, 4.69) is 6.58 Å². The van der Waals surface area contributed by atoms with Gasteiger partial charge in [-0.25, -0.2) is 8.42 Å². The molecule has 0 heterocycles. The van der Waals surface area contributed by atoms with E-state index in [1.54, 1.807) is 19.2 Å². The van der Waals surface area contributed by atoms with Crippen LogP contribution in [0.5, 0.6) is 0 Å². The smallest absolute Gasteiger partial charge is 0.243 e. The Morgan fingerprint density at radius 2 is 2.11 bits per heavy atom. The zero-order valence-corrected chi connectivity index (χ0v) is 11.7. The summed E-state index contributed by atoms with van der Waals surface area (Å²) in [6.45, 7) is 6.11. The Morgan fingerprint density at radius 1 is 1.44 bits per heavy atom. The topological polar surface area (TPSA) is 63.4 Å². The minimum atomic E-state index is -3.47. The van der Waals surface area contributed by atoms with Crippen molar-refractivity contribution in [3.8, 4) is 0 Å². The summed E-state index contributed by atoms with van der Waals surface area (Å²) >= 11 is 0. The summed E-state index contributed by atoms with van der Waals surface area (Å²) in [6, 6.07) is 5.36. The molecular formula is C13H20N2O2S. The normalized spacial score (nSPS) is 11.8. The standard InChI is InChI=1S/C13H20N2O2S/c1-4-8-15(3)18(16,17)13-9-11(10-14)6-7-12(13)5-2/h4,6-7,9H,1,5,8,10,14H2,2-3H3. The molecule has 1 aromatic carbocycles. The van der Waals surface area contributed by atoms with Crippen LogP contribution >= 0.6 is 0 Å². The van der Waals surface area contributed by atoms with Crippen LogP contribution in [0.1, 0.15) is 18.1 Å². The maximum Gasteiger partial charge on any atom is 0.243 e. The van der Waals surface area contributed by atoms with E-state index < -0.39 is 10.0 Å². The Labute approximate surface area is 109 Å². The predicted molar refractivity (Wildman–Crippen MR) is 73.7 cm³/mol. The highest BCUT2D eigenvalue weighted by atomic mass is 32.2. The molecule has 2 N–H and O–H groups in total. The molecule has 0 amide bonds. The van der Waals surface area contributed by atoms with Crippen LogP contribution in [0.15, 0.2) is 35.7 Å². The summed E-state index contributed by atoms with van der Waals surface area (Å²) in [5.74, 6) is 0. The molecule has 0 fully saturated rings. The number of aryl methyl sites for hydroxylation is 1. The molecule has 100 valence electrons. The lowest BCUT2D eigenvalue weighted by Crippen LogP contribution is -2.28. The van der Waals surface area contributed by atoms with Crippen LogP contribution < -0.4 is 5.73 Å². The minimum absolute atomic E-state index is 0.290. The maximum absolute atomic E-state index is 12.4. The molecule has 5 heteroatoms. The molecule has 1 aromatic rings. The molecule has 4 nitrogen and oxygen atoms in total. The highest BCUT2D eigenvalue weighted by Gasteiger charge is 2.22. The van der Waals surface area contributed by atoms with Gasteiger partial charge in [-0.3, -0.25) is 0 Å². The van der Waals surface area contributed by atoms with E-state index in [0.29, 0.717) is 24.4 Å². The molecule has 18 heavy (non-hydrogen) atoms. The zero-order chi connectivity index (χ0) is 13.8. The lowest BCUT2D eigenvalue weighted by atomic mass is 10.1. The van der Waals surface area contributed by atoms with Gasteiger partial charge in [0.1, 0.15) is 0 Å². The van der Waals surface area contributed by atoms with Crippen LogP contribution in [-0.2, 0) is 23.0 Å². The average molecular weight is 268 g/mol. The molecule has 0 saturated carbocycles. The van der Waals surface area contributed by atoms with Gasteiger partial charge >= 0.3 is 0 Å². The zero-order valence-electron chi connectivity index (χ0n) is 10.9. The third-order valence-electron chi connectivity index (χ3n) is 2.82. The molecule has 0 unspecified atom stereocenters. The summed E-state index contributed by atoms with van der Waals surface area (Å²) in [6.07, 6.45) is 2.23. The number of hydrogen-bond acceptors (Lipinski definition) is 3. The number of nitrogens with two attached hydrogens (primary N) is 1. The van der Waals surface area contributed by atoms with Gasteiger partial charge in [-0.15, -0.1) is 6.58 Å². The summed E-state index contributed by atoms with van der Waals surface area (Å²) < 4.78 is 26.1. The highest BCUT2D eigenvalue weighted by Crippen LogP contribution is 2.21. The second kappa shape index (κ2) is 6.13. The van der Waals surface area contributed by atoms with Gasteiger partial charge < -0.3 is 5.73 Å². The molecule has 1 rings (SSSR count). The first-order valence-corrected chi connectivity index (χ1v) is 7.30. The van der Waals surface area contributed by atoms with Crippen molar-refractivity contribution >= 4 is 10.0 Å². The first kappa shape index (κ1) is 14.9. The van der Waals surface area contributed by atoms with Crippen LogP contribution in [0.25, 0.3) is 0 Å². The van der Waals surface area contributed by atoms with Gasteiger partial charge in [0.05, 0.1) is 4.90 Å². The maximum atomic E-state index is 12.4.